The Morgan fingerprint density at radius 2 is 2.10 bits per heavy atom. The molecule has 0 saturated carbocycles. The molecule has 0 aliphatic rings. The van der Waals surface area contributed by atoms with Crippen LogP contribution in [-0.4, -0.2) is 19.3 Å². The minimum atomic E-state index is -0.416. The lowest BCUT2D eigenvalue weighted by molar-refractivity contribution is -0.385. The van der Waals surface area contributed by atoms with Crippen molar-refractivity contribution < 1.29 is 9.34 Å². The summed E-state index contributed by atoms with van der Waals surface area (Å²) in [7, 11) is 0. The second kappa shape index (κ2) is 6.85. The number of pyridine rings is 1. The van der Waals surface area contributed by atoms with E-state index in [-0.39, 0.29) is 11.2 Å². The van der Waals surface area contributed by atoms with E-state index in [9.17, 15) is 14.9 Å². The van der Waals surface area contributed by atoms with Gasteiger partial charge in [-0.1, -0.05) is 11.3 Å². The molecule has 4 aromatic heterocycles. The molecule has 0 saturated heterocycles. The fourth-order valence-electron chi connectivity index (χ4n) is 3.24. The zero-order valence-corrected chi connectivity index (χ0v) is 17.7. The number of aromatic nitrogens is 3. The number of thiazole rings is 1. The highest BCUT2D eigenvalue weighted by molar-refractivity contribution is 9.10. The van der Waals surface area contributed by atoms with Crippen LogP contribution < -0.4 is 10.1 Å². The molecule has 0 spiro atoms. The second-order valence-electron chi connectivity index (χ2n) is 6.60. The van der Waals surface area contributed by atoms with Gasteiger partial charge in [-0.2, -0.15) is 0 Å². The summed E-state index contributed by atoms with van der Waals surface area (Å²) in [5.74, 6) is 1.06. The molecular formula is C20H11BrN4O4S. The zero-order valence-electron chi connectivity index (χ0n) is 15.3. The third kappa shape index (κ3) is 3.01. The van der Waals surface area contributed by atoms with Crippen LogP contribution in [0.2, 0.25) is 0 Å². The lowest BCUT2D eigenvalue weighted by Crippen LogP contribution is -2.22. The fraction of sp³-hybridized carbons (Fsp3) is 0.0500. The van der Waals surface area contributed by atoms with Crippen molar-refractivity contribution >= 4 is 55.2 Å². The fourth-order valence-corrected chi connectivity index (χ4v) is 4.52. The molecule has 4 heterocycles. The molecule has 8 nitrogen and oxygen atoms in total. The average Bonchev–Trinajstić information content (AvgIpc) is 3.37. The summed E-state index contributed by atoms with van der Waals surface area (Å²) in [6, 6.07) is 10.1. The first kappa shape index (κ1) is 18.6. The predicted molar refractivity (Wildman–Crippen MR) is 117 cm³/mol. The Balaban J connectivity index is 1.56. The number of benzene rings is 1. The van der Waals surface area contributed by atoms with E-state index in [1.165, 1.54) is 21.8 Å². The van der Waals surface area contributed by atoms with Gasteiger partial charge in [0.15, 0.2) is 10.6 Å². The number of furan rings is 1. The highest BCUT2D eigenvalue weighted by Crippen LogP contribution is 2.27. The highest BCUT2D eigenvalue weighted by Gasteiger charge is 2.14. The third-order valence-electron chi connectivity index (χ3n) is 4.63. The van der Waals surface area contributed by atoms with Crippen molar-refractivity contribution in [3.05, 3.63) is 83.4 Å². The summed E-state index contributed by atoms with van der Waals surface area (Å²) in [4.78, 5) is 32.8. The average molecular weight is 483 g/mol. The van der Waals surface area contributed by atoms with Crippen LogP contribution in [0.5, 0.6) is 0 Å². The predicted octanol–water partition coefficient (Wildman–Crippen LogP) is 4.09. The lowest BCUT2D eigenvalue weighted by Gasteiger charge is -2.00. The van der Waals surface area contributed by atoms with Gasteiger partial charge in [0.1, 0.15) is 21.6 Å². The maximum Gasteiger partial charge on any atom is 0.276 e. The molecule has 0 radical (unpaired) electrons. The van der Waals surface area contributed by atoms with Crippen molar-refractivity contribution in [3.63, 3.8) is 0 Å². The van der Waals surface area contributed by atoms with Gasteiger partial charge < -0.3 is 4.42 Å². The van der Waals surface area contributed by atoms with E-state index in [4.69, 9.17) is 4.42 Å². The van der Waals surface area contributed by atoms with Crippen LogP contribution in [-0.2, 0) is 0 Å². The normalized spacial score (nSPS) is 12.3. The Kier molecular flexibility index (Phi) is 4.26. The van der Waals surface area contributed by atoms with Crippen molar-refractivity contribution in [1.82, 2.24) is 14.4 Å². The second-order valence-corrected chi connectivity index (χ2v) is 8.53. The number of hydrogen-bond acceptors (Lipinski definition) is 7. The SMILES string of the molecule is Cc1cc(-c2ccc(C=c3sc4nc5cc(Br)cnc5n4c3=O)o2)ccc1[N+](=O)[O-]. The summed E-state index contributed by atoms with van der Waals surface area (Å²) >= 11 is 4.61. The molecule has 148 valence electrons. The van der Waals surface area contributed by atoms with Crippen LogP contribution in [0.25, 0.3) is 33.5 Å². The lowest BCUT2D eigenvalue weighted by atomic mass is 10.1. The first-order valence-corrected chi connectivity index (χ1v) is 10.3. The van der Waals surface area contributed by atoms with E-state index in [0.29, 0.717) is 37.7 Å². The van der Waals surface area contributed by atoms with Crippen LogP contribution in [0, 0.1) is 17.0 Å². The number of imidazole rings is 1. The molecule has 10 heteroatoms. The molecule has 5 rings (SSSR count). The molecule has 0 bridgehead atoms. The Bertz CT molecular complexity index is 1580. The maximum absolute atomic E-state index is 12.9. The first-order chi connectivity index (χ1) is 14.4. The van der Waals surface area contributed by atoms with Gasteiger partial charge in [-0.15, -0.1) is 0 Å². The summed E-state index contributed by atoms with van der Waals surface area (Å²) < 4.78 is 8.61. The van der Waals surface area contributed by atoms with Crippen LogP contribution in [0.4, 0.5) is 5.69 Å². The van der Waals surface area contributed by atoms with E-state index in [2.05, 4.69) is 25.9 Å². The number of fused-ring (bicyclic) bond motifs is 3. The van der Waals surface area contributed by atoms with Gasteiger partial charge in [0, 0.05) is 33.9 Å². The Hall–Kier alpha value is -3.37. The number of aryl methyl sites for hydroxylation is 1. The minimum Gasteiger partial charge on any atom is -0.457 e. The summed E-state index contributed by atoms with van der Waals surface area (Å²) in [6.45, 7) is 1.68. The van der Waals surface area contributed by atoms with Gasteiger partial charge in [0.25, 0.3) is 11.2 Å². The van der Waals surface area contributed by atoms with Crippen molar-refractivity contribution in [2.45, 2.75) is 6.92 Å². The van der Waals surface area contributed by atoms with Gasteiger partial charge in [-0.3, -0.25) is 14.9 Å². The first-order valence-electron chi connectivity index (χ1n) is 8.74. The zero-order chi connectivity index (χ0) is 21.0. The van der Waals surface area contributed by atoms with Gasteiger partial charge in [0.05, 0.1) is 4.92 Å². The molecule has 5 aromatic rings. The van der Waals surface area contributed by atoms with Crippen LogP contribution in [0.3, 0.4) is 0 Å². The van der Waals surface area contributed by atoms with Crippen LogP contribution in [0.15, 0.2) is 56.3 Å². The monoisotopic (exact) mass is 482 g/mol. The smallest absolute Gasteiger partial charge is 0.276 e. The summed E-state index contributed by atoms with van der Waals surface area (Å²) in [5, 5.41) is 11.0. The number of rotatable bonds is 3. The third-order valence-corrected chi connectivity index (χ3v) is 6.03. The topological polar surface area (TPSA) is 104 Å². The molecule has 0 unspecified atom stereocenters. The standard InChI is InChI=1S/C20H11BrN4O4S/c1-10-6-11(2-4-15(10)25(27)28)16-5-3-13(29-16)8-17-19(26)24-18-14(23-20(24)30-17)7-12(21)9-22-18/h2-9H,1H3. The molecule has 0 amide bonds. The van der Waals surface area contributed by atoms with Crippen molar-refractivity contribution in [1.29, 1.82) is 0 Å². The molecule has 0 fully saturated rings. The van der Waals surface area contributed by atoms with Crippen molar-refractivity contribution in [3.8, 4) is 11.3 Å². The molecule has 30 heavy (non-hydrogen) atoms. The number of nitro benzene ring substituents is 1. The molecular weight excluding hydrogens is 472 g/mol. The van der Waals surface area contributed by atoms with E-state index < -0.39 is 4.92 Å². The molecule has 0 atom stereocenters. The van der Waals surface area contributed by atoms with Gasteiger partial charge in [0.2, 0.25) is 0 Å². The molecule has 0 aliphatic carbocycles. The van der Waals surface area contributed by atoms with E-state index in [0.717, 1.165) is 10.0 Å². The minimum absolute atomic E-state index is 0.0582. The van der Waals surface area contributed by atoms with Crippen LogP contribution in [0.1, 0.15) is 11.3 Å². The van der Waals surface area contributed by atoms with E-state index in [1.807, 2.05) is 6.07 Å². The van der Waals surface area contributed by atoms with E-state index >= 15 is 0 Å². The number of hydrogen-bond donors (Lipinski definition) is 0. The molecule has 1 aromatic carbocycles. The highest BCUT2D eigenvalue weighted by atomic mass is 79.9. The maximum atomic E-state index is 12.9. The molecule has 0 N–H and O–H groups in total. The van der Waals surface area contributed by atoms with Crippen molar-refractivity contribution in [2.24, 2.45) is 0 Å². The van der Waals surface area contributed by atoms with Gasteiger partial charge >= 0.3 is 0 Å². The Labute approximate surface area is 180 Å². The summed E-state index contributed by atoms with van der Waals surface area (Å²) in [5.41, 5.74) is 2.27. The summed E-state index contributed by atoms with van der Waals surface area (Å²) in [6.07, 6.45) is 3.29. The number of halogens is 1. The van der Waals surface area contributed by atoms with Gasteiger partial charge in [-0.25, -0.2) is 14.4 Å². The Morgan fingerprint density at radius 3 is 2.87 bits per heavy atom. The van der Waals surface area contributed by atoms with Gasteiger partial charge in [-0.05, 0) is 53.2 Å². The van der Waals surface area contributed by atoms with Crippen LogP contribution >= 0.6 is 27.3 Å². The number of nitro groups is 1. The quantitative estimate of drug-likeness (QED) is 0.283. The van der Waals surface area contributed by atoms with E-state index in [1.54, 1.807) is 43.5 Å². The molecule has 0 aliphatic heterocycles. The largest absolute Gasteiger partial charge is 0.457 e. The Morgan fingerprint density at radius 1 is 1.27 bits per heavy atom. The van der Waals surface area contributed by atoms with Crippen molar-refractivity contribution in [2.75, 3.05) is 0 Å². The number of nitrogens with zero attached hydrogens (tertiary/aromatic N) is 4.